The zero-order valence-corrected chi connectivity index (χ0v) is 15.5. The van der Waals surface area contributed by atoms with Gasteiger partial charge in [-0.2, -0.15) is 13.2 Å². The van der Waals surface area contributed by atoms with E-state index in [1.165, 1.54) is 6.07 Å². The van der Waals surface area contributed by atoms with Gasteiger partial charge in [-0.05, 0) is 49.6 Å². The van der Waals surface area contributed by atoms with Crippen LogP contribution in [0.4, 0.5) is 13.2 Å². The normalized spacial score (nSPS) is 17.4. The van der Waals surface area contributed by atoms with Crippen molar-refractivity contribution >= 4 is 11.0 Å². The summed E-state index contributed by atoms with van der Waals surface area (Å²) in [4.78, 5) is 4.46. The number of alkyl halides is 3. The summed E-state index contributed by atoms with van der Waals surface area (Å²) in [5.74, 6) is 1.32. The van der Waals surface area contributed by atoms with Gasteiger partial charge in [-0.15, -0.1) is 0 Å². The number of hydrogen-bond donors (Lipinski definition) is 0. The Bertz CT molecular complexity index is 975. The molecule has 4 rings (SSSR count). The van der Waals surface area contributed by atoms with E-state index < -0.39 is 11.7 Å². The summed E-state index contributed by atoms with van der Waals surface area (Å²) in [5.41, 5.74) is 1.26. The summed E-state index contributed by atoms with van der Waals surface area (Å²) in [6, 6.07) is 11.3. The minimum absolute atomic E-state index is 0.0388. The fraction of sp³-hybridized carbons (Fsp3) is 0.381. The summed E-state index contributed by atoms with van der Waals surface area (Å²) < 4.78 is 52.8. The molecule has 0 saturated carbocycles. The summed E-state index contributed by atoms with van der Waals surface area (Å²) in [5, 5.41) is 0. The molecule has 1 saturated heterocycles. The van der Waals surface area contributed by atoms with Crippen molar-refractivity contribution in [1.29, 1.82) is 0 Å². The molecule has 28 heavy (non-hydrogen) atoms. The highest BCUT2D eigenvalue weighted by Gasteiger charge is 2.31. The standard InChI is InChI=1S/C21H21F3N2O2/c1-14-5-2-3-7-19(14)28-13-20-25-17-11-15(21(22,23)24)8-9-18(17)26(20)12-16-6-4-10-27-16/h2-3,5,7-9,11,16H,4,6,10,12-13H2,1H3. The Hall–Kier alpha value is -2.54. The second kappa shape index (κ2) is 7.47. The van der Waals surface area contributed by atoms with Crippen LogP contribution in [-0.4, -0.2) is 22.3 Å². The third-order valence-corrected chi connectivity index (χ3v) is 5.02. The zero-order chi connectivity index (χ0) is 19.7. The first-order valence-corrected chi connectivity index (χ1v) is 9.28. The highest BCUT2D eigenvalue weighted by atomic mass is 19.4. The van der Waals surface area contributed by atoms with E-state index in [9.17, 15) is 13.2 Å². The number of benzene rings is 2. The van der Waals surface area contributed by atoms with Crippen molar-refractivity contribution in [3.63, 3.8) is 0 Å². The van der Waals surface area contributed by atoms with E-state index in [4.69, 9.17) is 9.47 Å². The minimum atomic E-state index is -4.40. The van der Waals surface area contributed by atoms with Crippen molar-refractivity contribution in [1.82, 2.24) is 9.55 Å². The number of halogens is 3. The predicted molar refractivity (Wildman–Crippen MR) is 99.2 cm³/mol. The average Bonchev–Trinajstić information content (AvgIpc) is 3.28. The van der Waals surface area contributed by atoms with Crippen LogP contribution in [0, 0.1) is 6.92 Å². The number of ether oxygens (including phenoxy) is 2. The monoisotopic (exact) mass is 390 g/mol. The lowest BCUT2D eigenvalue weighted by molar-refractivity contribution is -0.137. The molecule has 1 aromatic heterocycles. The lowest BCUT2D eigenvalue weighted by Gasteiger charge is -2.15. The molecule has 1 unspecified atom stereocenters. The maximum absolute atomic E-state index is 13.1. The van der Waals surface area contributed by atoms with Crippen molar-refractivity contribution in [2.24, 2.45) is 0 Å². The molecule has 7 heteroatoms. The van der Waals surface area contributed by atoms with Gasteiger partial charge in [-0.3, -0.25) is 0 Å². The van der Waals surface area contributed by atoms with E-state index in [1.807, 2.05) is 35.8 Å². The van der Waals surface area contributed by atoms with Crippen LogP contribution < -0.4 is 4.74 Å². The van der Waals surface area contributed by atoms with Gasteiger partial charge in [-0.1, -0.05) is 18.2 Å². The Balaban J connectivity index is 1.68. The van der Waals surface area contributed by atoms with E-state index in [1.54, 1.807) is 0 Å². The summed E-state index contributed by atoms with van der Waals surface area (Å²) in [6.45, 7) is 3.38. The molecule has 0 spiro atoms. The van der Waals surface area contributed by atoms with Gasteiger partial charge >= 0.3 is 6.18 Å². The Morgan fingerprint density at radius 3 is 2.75 bits per heavy atom. The van der Waals surface area contributed by atoms with Crippen LogP contribution in [0.5, 0.6) is 5.75 Å². The number of fused-ring (bicyclic) bond motifs is 1. The van der Waals surface area contributed by atoms with Gasteiger partial charge < -0.3 is 14.0 Å². The first-order valence-electron chi connectivity index (χ1n) is 9.28. The van der Waals surface area contributed by atoms with Gasteiger partial charge in [0.2, 0.25) is 0 Å². The summed E-state index contributed by atoms with van der Waals surface area (Å²) >= 11 is 0. The second-order valence-corrected chi connectivity index (χ2v) is 7.03. The van der Waals surface area contributed by atoms with Crippen molar-refractivity contribution < 1.29 is 22.6 Å². The molecule has 0 amide bonds. The summed E-state index contributed by atoms with van der Waals surface area (Å²) in [6.07, 6.45) is -2.44. The first-order chi connectivity index (χ1) is 13.4. The second-order valence-electron chi connectivity index (χ2n) is 7.03. The number of imidazole rings is 1. The smallest absolute Gasteiger partial charge is 0.416 e. The molecule has 0 bridgehead atoms. The van der Waals surface area contributed by atoms with Crippen LogP contribution in [0.15, 0.2) is 42.5 Å². The number of para-hydroxylation sites is 1. The van der Waals surface area contributed by atoms with Crippen LogP contribution in [0.3, 0.4) is 0 Å². The Labute approximate surface area is 160 Å². The number of nitrogens with zero attached hydrogens (tertiary/aromatic N) is 2. The molecule has 3 aromatic rings. The fourth-order valence-corrected chi connectivity index (χ4v) is 3.52. The third-order valence-electron chi connectivity index (χ3n) is 5.02. The highest BCUT2D eigenvalue weighted by Crippen LogP contribution is 2.32. The van der Waals surface area contributed by atoms with Crippen LogP contribution in [-0.2, 0) is 24.1 Å². The summed E-state index contributed by atoms with van der Waals surface area (Å²) in [7, 11) is 0. The molecule has 1 aliphatic rings. The number of aromatic nitrogens is 2. The molecule has 148 valence electrons. The van der Waals surface area contributed by atoms with Gasteiger partial charge in [0, 0.05) is 6.61 Å². The highest BCUT2D eigenvalue weighted by molar-refractivity contribution is 5.77. The minimum Gasteiger partial charge on any atom is -0.485 e. The third kappa shape index (κ3) is 3.85. The lowest BCUT2D eigenvalue weighted by Crippen LogP contribution is -2.18. The van der Waals surface area contributed by atoms with Crippen molar-refractivity contribution in [3.05, 3.63) is 59.4 Å². The van der Waals surface area contributed by atoms with Gasteiger partial charge in [-0.25, -0.2) is 4.98 Å². The molecule has 0 aliphatic carbocycles. The van der Waals surface area contributed by atoms with E-state index in [2.05, 4.69) is 4.98 Å². The molecule has 0 N–H and O–H groups in total. The van der Waals surface area contributed by atoms with Crippen LogP contribution in [0.25, 0.3) is 11.0 Å². The SMILES string of the molecule is Cc1ccccc1OCc1nc2cc(C(F)(F)F)ccc2n1CC1CCCO1. The lowest BCUT2D eigenvalue weighted by atomic mass is 10.2. The maximum atomic E-state index is 13.1. The predicted octanol–water partition coefficient (Wildman–Crippen LogP) is 5.12. The fourth-order valence-electron chi connectivity index (χ4n) is 3.52. The van der Waals surface area contributed by atoms with E-state index in [0.29, 0.717) is 30.0 Å². The molecule has 0 radical (unpaired) electrons. The Kier molecular flexibility index (Phi) is 5.02. The molecule has 4 nitrogen and oxygen atoms in total. The van der Waals surface area contributed by atoms with Crippen molar-refractivity contribution in [2.75, 3.05) is 6.61 Å². The van der Waals surface area contributed by atoms with E-state index in [0.717, 1.165) is 36.3 Å². The molecule has 1 aliphatic heterocycles. The van der Waals surface area contributed by atoms with E-state index >= 15 is 0 Å². The zero-order valence-electron chi connectivity index (χ0n) is 15.5. The largest absolute Gasteiger partial charge is 0.485 e. The van der Waals surface area contributed by atoms with Crippen LogP contribution in [0.1, 0.15) is 29.8 Å². The molecular formula is C21H21F3N2O2. The van der Waals surface area contributed by atoms with Crippen molar-refractivity contribution in [3.8, 4) is 5.75 Å². The number of rotatable bonds is 5. The molecular weight excluding hydrogens is 369 g/mol. The van der Waals surface area contributed by atoms with Gasteiger partial charge in [0.1, 0.15) is 18.2 Å². The number of aryl methyl sites for hydroxylation is 1. The van der Waals surface area contributed by atoms with Crippen LogP contribution >= 0.6 is 0 Å². The topological polar surface area (TPSA) is 36.3 Å². The average molecular weight is 390 g/mol. The van der Waals surface area contributed by atoms with Crippen molar-refractivity contribution in [2.45, 2.75) is 45.2 Å². The van der Waals surface area contributed by atoms with E-state index in [-0.39, 0.29) is 12.7 Å². The first kappa shape index (κ1) is 18.8. The van der Waals surface area contributed by atoms with Gasteiger partial charge in [0.15, 0.2) is 0 Å². The molecule has 1 fully saturated rings. The van der Waals surface area contributed by atoms with Gasteiger partial charge in [0.25, 0.3) is 0 Å². The molecule has 2 aromatic carbocycles. The van der Waals surface area contributed by atoms with Gasteiger partial charge in [0.05, 0.1) is 29.2 Å². The van der Waals surface area contributed by atoms with Crippen LogP contribution in [0.2, 0.25) is 0 Å². The molecule has 2 heterocycles. The number of hydrogen-bond acceptors (Lipinski definition) is 3. The Morgan fingerprint density at radius 1 is 1.21 bits per heavy atom. The molecule has 1 atom stereocenters. The Morgan fingerprint density at radius 2 is 2.04 bits per heavy atom. The maximum Gasteiger partial charge on any atom is 0.416 e. The quantitative estimate of drug-likeness (QED) is 0.607.